The lowest BCUT2D eigenvalue weighted by molar-refractivity contribution is 0.0828. The van der Waals surface area contributed by atoms with Crippen molar-refractivity contribution in [3.63, 3.8) is 0 Å². The highest BCUT2D eigenvalue weighted by Gasteiger charge is 2.43. The zero-order chi connectivity index (χ0) is 12.1. The van der Waals surface area contributed by atoms with Crippen molar-refractivity contribution in [2.24, 2.45) is 5.41 Å². The molecule has 0 amide bonds. The van der Waals surface area contributed by atoms with Gasteiger partial charge in [0.15, 0.2) is 0 Å². The fourth-order valence-corrected chi connectivity index (χ4v) is 3.47. The molecule has 0 radical (unpaired) electrons. The first-order valence-electron chi connectivity index (χ1n) is 5.10. The topological polar surface area (TPSA) is 67.8 Å². The third-order valence-corrected chi connectivity index (χ3v) is 4.64. The molecule has 0 aliphatic heterocycles. The number of rotatable bonds is 6. The van der Waals surface area contributed by atoms with Crippen LogP contribution in [0.1, 0.15) is 34.6 Å². The second-order valence-electron chi connectivity index (χ2n) is 4.27. The largest absolute Gasteiger partial charge is 0.350 e. The maximum Gasteiger partial charge on any atom is 0.350 e. The lowest BCUT2D eigenvalue weighted by atomic mass is 9.97. The fourth-order valence-electron chi connectivity index (χ4n) is 1.28. The molecule has 92 valence electrons. The molecule has 5 nitrogen and oxygen atoms in total. The third-order valence-electron chi connectivity index (χ3n) is 1.88. The smallest absolute Gasteiger partial charge is 0.316 e. The third kappa shape index (κ3) is 4.21. The van der Waals surface area contributed by atoms with E-state index in [1.165, 1.54) is 0 Å². The molecule has 6 heteroatoms. The highest BCUT2D eigenvalue weighted by atomic mass is 31.2. The van der Waals surface area contributed by atoms with Gasteiger partial charge < -0.3 is 14.3 Å². The summed E-state index contributed by atoms with van der Waals surface area (Å²) in [5.41, 5.74) is 1.62. The molecule has 0 saturated carbocycles. The summed E-state index contributed by atoms with van der Waals surface area (Å²) >= 11 is 0. The molecule has 0 aromatic heterocycles. The monoisotopic (exact) mass is 239 g/mol. The molecule has 0 rings (SSSR count). The second kappa shape index (κ2) is 5.97. The molecule has 0 saturated heterocycles. The first-order valence-corrected chi connectivity index (χ1v) is 6.71. The van der Waals surface area contributed by atoms with Gasteiger partial charge in [-0.3, -0.25) is 4.57 Å². The van der Waals surface area contributed by atoms with Crippen molar-refractivity contribution in [1.29, 1.82) is 0 Å². The van der Waals surface area contributed by atoms with Crippen molar-refractivity contribution in [3.8, 4) is 0 Å². The molecule has 2 N–H and O–H groups in total. The fraction of sp³-hybridized carbons (Fsp3) is 1.00. The quantitative estimate of drug-likeness (QED) is 0.551. The predicted octanol–water partition coefficient (Wildman–Crippen LogP) is 2.60. The summed E-state index contributed by atoms with van der Waals surface area (Å²) in [5, 5.41) is 9.07. The molecule has 0 aliphatic carbocycles. The standard InChI is InChI=1S/C9H22NO4P/c1-6-13-15(12,14-7-2)8(10-11)9(3,4)5/h8,10-11H,6-7H2,1-5H3. The Kier molecular flexibility index (Phi) is 5.99. The molecule has 0 aromatic carbocycles. The van der Waals surface area contributed by atoms with Crippen molar-refractivity contribution in [2.75, 3.05) is 13.2 Å². The lowest BCUT2D eigenvalue weighted by Gasteiger charge is -2.34. The average molecular weight is 239 g/mol. The van der Waals surface area contributed by atoms with Crippen LogP contribution in [0, 0.1) is 5.41 Å². The molecule has 0 spiro atoms. The van der Waals surface area contributed by atoms with Gasteiger partial charge in [0.05, 0.1) is 13.2 Å². The first kappa shape index (κ1) is 15.1. The zero-order valence-electron chi connectivity index (χ0n) is 10.1. The summed E-state index contributed by atoms with van der Waals surface area (Å²) in [6, 6.07) is 0. The van der Waals surface area contributed by atoms with Gasteiger partial charge in [-0.25, -0.2) is 0 Å². The Morgan fingerprint density at radius 1 is 1.27 bits per heavy atom. The average Bonchev–Trinajstić information content (AvgIpc) is 2.02. The SMILES string of the molecule is CCOP(=O)(OCC)C(NO)C(C)(C)C. The Labute approximate surface area is 91.6 Å². The lowest BCUT2D eigenvalue weighted by Crippen LogP contribution is -2.39. The first-order chi connectivity index (χ1) is 6.81. The van der Waals surface area contributed by atoms with Gasteiger partial charge >= 0.3 is 7.60 Å². The molecule has 0 bridgehead atoms. The Morgan fingerprint density at radius 2 is 1.67 bits per heavy atom. The number of nitrogens with one attached hydrogen (secondary N) is 1. The van der Waals surface area contributed by atoms with Gasteiger partial charge in [-0.15, -0.1) is 0 Å². The molecular weight excluding hydrogens is 217 g/mol. The molecular formula is C9H22NO4P. The number of hydrogen-bond donors (Lipinski definition) is 2. The van der Waals surface area contributed by atoms with Crippen LogP contribution in [-0.2, 0) is 13.6 Å². The van der Waals surface area contributed by atoms with E-state index in [-0.39, 0.29) is 13.2 Å². The normalized spacial score (nSPS) is 15.3. The minimum absolute atomic E-state index is 0.283. The Hall–Kier alpha value is 0.0700. The van der Waals surface area contributed by atoms with E-state index in [0.717, 1.165) is 0 Å². The van der Waals surface area contributed by atoms with Gasteiger partial charge in [-0.1, -0.05) is 20.8 Å². The Morgan fingerprint density at radius 3 is 1.87 bits per heavy atom. The van der Waals surface area contributed by atoms with Crippen molar-refractivity contribution >= 4 is 7.60 Å². The maximum absolute atomic E-state index is 12.3. The summed E-state index contributed by atoms with van der Waals surface area (Å²) in [4.78, 5) is 0. The van der Waals surface area contributed by atoms with Crippen molar-refractivity contribution in [1.82, 2.24) is 5.48 Å². The summed E-state index contributed by atoms with van der Waals surface area (Å²) in [6.07, 6.45) is 0. The van der Waals surface area contributed by atoms with Crippen LogP contribution in [0.15, 0.2) is 0 Å². The highest BCUT2D eigenvalue weighted by molar-refractivity contribution is 7.54. The van der Waals surface area contributed by atoms with Crippen LogP contribution >= 0.6 is 7.60 Å². The summed E-state index contributed by atoms with van der Waals surface area (Å²) < 4.78 is 22.6. The minimum Gasteiger partial charge on any atom is -0.316 e. The summed E-state index contributed by atoms with van der Waals surface area (Å²) in [5.74, 6) is -0.732. The summed E-state index contributed by atoms with van der Waals surface area (Å²) in [6.45, 7) is 9.60. The van der Waals surface area contributed by atoms with Crippen LogP contribution in [0.5, 0.6) is 0 Å². The van der Waals surface area contributed by atoms with Crippen LogP contribution in [-0.4, -0.2) is 24.2 Å². The van der Waals surface area contributed by atoms with Crippen molar-refractivity contribution in [3.05, 3.63) is 0 Å². The van der Waals surface area contributed by atoms with E-state index >= 15 is 0 Å². The molecule has 1 unspecified atom stereocenters. The molecule has 0 aliphatic rings. The Balaban J connectivity index is 4.94. The van der Waals surface area contributed by atoms with E-state index in [2.05, 4.69) is 0 Å². The van der Waals surface area contributed by atoms with Crippen LogP contribution in [0.2, 0.25) is 0 Å². The number of hydrogen-bond acceptors (Lipinski definition) is 5. The molecule has 0 aromatic rings. The van der Waals surface area contributed by atoms with Crippen LogP contribution in [0.3, 0.4) is 0 Å². The number of hydroxylamine groups is 1. The van der Waals surface area contributed by atoms with E-state index in [0.29, 0.717) is 0 Å². The molecule has 15 heavy (non-hydrogen) atoms. The zero-order valence-corrected chi connectivity index (χ0v) is 11.0. The van der Waals surface area contributed by atoms with E-state index in [4.69, 9.17) is 14.3 Å². The molecule has 0 heterocycles. The van der Waals surface area contributed by atoms with Crippen molar-refractivity contribution < 1.29 is 18.8 Å². The van der Waals surface area contributed by atoms with Crippen LogP contribution < -0.4 is 5.48 Å². The van der Waals surface area contributed by atoms with E-state index in [1.807, 2.05) is 26.3 Å². The molecule has 1 atom stereocenters. The van der Waals surface area contributed by atoms with Crippen LogP contribution in [0.4, 0.5) is 0 Å². The van der Waals surface area contributed by atoms with Gasteiger partial charge in [0.2, 0.25) is 0 Å². The van der Waals surface area contributed by atoms with E-state index < -0.39 is 18.8 Å². The molecule has 0 fully saturated rings. The minimum atomic E-state index is -3.31. The Bertz CT molecular complexity index is 217. The predicted molar refractivity (Wildman–Crippen MR) is 59.0 cm³/mol. The van der Waals surface area contributed by atoms with Gasteiger partial charge in [-0.05, 0) is 19.3 Å². The van der Waals surface area contributed by atoms with Crippen molar-refractivity contribution in [2.45, 2.75) is 40.4 Å². The highest BCUT2D eigenvalue weighted by Crippen LogP contribution is 2.56. The van der Waals surface area contributed by atoms with E-state index in [9.17, 15) is 4.57 Å². The maximum atomic E-state index is 12.3. The van der Waals surface area contributed by atoms with E-state index in [1.54, 1.807) is 13.8 Å². The van der Waals surface area contributed by atoms with Gasteiger partial charge in [-0.2, -0.15) is 5.48 Å². The van der Waals surface area contributed by atoms with Gasteiger partial charge in [0, 0.05) is 0 Å². The van der Waals surface area contributed by atoms with Gasteiger partial charge in [0.1, 0.15) is 5.78 Å². The summed E-state index contributed by atoms with van der Waals surface area (Å²) in [7, 11) is -3.31. The van der Waals surface area contributed by atoms with Crippen LogP contribution in [0.25, 0.3) is 0 Å². The van der Waals surface area contributed by atoms with Gasteiger partial charge in [0.25, 0.3) is 0 Å². The second-order valence-corrected chi connectivity index (χ2v) is 6.39.